The summed E-state index contributed by atoms with van der Waals surface area (Å²) in [4.78, 5) is 0. The van der Waals surface area contributed by atoms with E-state index in [1.165, 1.54) is 6.07 Å². The number of ether oxygens (including phenoxy) is 2. The van der Waals surface area contributed by atoms with Gasteiger partial charge in [-0.25, -0.2) is 4.39 Å². The molecule has 0 spiro atoms. The van der Waals surface area contributed by atoms with Crippen molar-refractivity contribution in [1.29, 1.82) is 0 Å². The number of benzene rings is 2. The van der Waals surface area contributed by atoms with Crippen LogP contribution < -0.4 is 14.8 Å². The minimum Gasteiger partial charge on any atom is -0.493 e. The lowest BCUT2D eigenvalue weighted by Gasteiger charge is -2.15. The van der Waals surface area contributed by atoms with Crippen LogP contribution in [0.25, 0.3) is 0 Å². The second kappa shape index (κ2) is 8.15. The second-order valence-electron chi connectivity index (χ2n) is 4.78. The van der Waals surface area contributed by atoms with Crippen LogP contribution in [0.15, 0.2) is 40.9 Å². The average Bonchev–Trinajstić information content (AvgIpc) is 2.54. The third-order valence-electron chi connectivity index (χ3n) is 3.42. The van der Waals surface area contributed by atoms with E-state index in [1.807, 2.05) is 18.2 Å². The first-order valence-electron chi connectivity index (χ1n) is 7.00. The molecule has 0 aliphatic rings. The van der Waals surface area contributed by atoms with Gasteiger partial charge in [-0.05, 0) is 36.7 Å². The highest BCUT2D eigenvalue weighted by atomic mass is 79.9. The molecule has 5 heteroatoms. The lowest BCUT2D eigenvalue weighted by Crippen LogP contribution is -2.18. The minimum atomic E-state index is -0.163. The lowest BCUT2D eigenvalue weighted by atomic mass is 10.1. The molecule has 118 valence electrons. The summed E-state index contributed by atoms with van der Waals surface area (Å²) in [6, 6.07) is 10.6. The molecule has 1 N–H and O–H groups in total. The van der Waals surface area contributed by atoms with Gasteiger partial charge < -0.3 is 14.8 Å². The fourth-order valence-corrected chi connectivity index (χ4v) is 2.72. The van der Waals surface area contributed by atoms with Gasteiger partial charge in [0.1, 0.15) is 5.82 Å². The predicted octanol–water partition coefficient (Wildman–Crippen LogP) is 3.94. The molecule has 0 heterocycles. The van der Waals surface area contributed by atoms with Crippen molar-refractivity contribution >= 4 is 15.9 Å². The zero-order valence-corrected chi connectivity index (χ0v) is 14.2. The maximum absolute atomic E-state index is 13.5. The Kier molecular flexibility index (Phi) is 6.21. The quantitative estimate of drug-likeness (QED) is 0.751. The molecular formula is C17H19BrFNO2. The molecule has 0 atom stereocenters. The van der Waals surface area contributed by atoms with Crippen molar-refractivity contribution in [2.75, 3.05) is 20.8 Å². The Labute approximate surface area is 138 Å². The van der Waals surface area contributed by atoms with Crippen LogP contribution in [0.5, 0.6) is 11.5 Å². The standard InChI is InChI=1S/C17H19BrFNO2/c1-21-16-8-7-14(18)13(17(16)22-2)11-20-10-9-12-5-3-4-6-15(12)19/h3-8,20H,9-11H2,1-2H3. The molecule has 2 rings (SSSR count). The Balaban J connectivity index is 1.99. The number of nitrogens with one attached hydrogen (secondary N) is 1. The molecule has 2 aromatic carbocycles. The van der Waals surface area contributed by atoms with Crippen LogP contribution in [0.3, 0.4) is 0 Å². The lowest BCUT2D eigenvalue weighted by molar-refractivity contribution is 0.350. The van der Waals surface area contributed by atoms with Crippen molar-refractivity contribution < 1.29 is 13.9 Å². The predicted molar refractivity (Wildman–Crippen MR) is 89.1 cm³/mol. The van der Waals surface area contributed by atoms with Gasteiger partial charge >= 0.3 is 0 Å². The van der Waals surface area contributed by atoms with Crippen LogP contribution in [0, 0.1) is 5.82 Å². The Hall–Kier alpha value is -1.59. The van der Waals surface area contributed by atoms with E-state index in [9.17, 15) is 4.39 Å². The Morgan fingerprint density at radius 1 is 1.09 bits per heavy atom. The molecule has 2 aromatic rings. The van der Waals surface area contributed by atoms with Crippen LogP contribution in [0.1, 0.15) is 11.1 Å². The van der Waals surface area contributed by atoms with Crippen LogP contribution in [-0.4, -0.2) is 20.8 Å². The first-order chi connectivity index (χ1) is 10.7. The Morgan fingerprint density at radius 2 is 1.86 bits per heavy atom. The van der Waals surface area contributed by atoms with E-state index in [4.69, 9.17) is 9.47 Å². The van der Waals surface area contributed by atoms with Crippen LogP contribution in [0.2, 0.25) is 0 Å². The molecule has 0 fully saturated rings. The maximum Gasteiger partial charge on any atom is 0.166 e. The topological polar surface area (TPSA) is 30.5 Å². The SMILES string of the molecule is COc1ccc(Br)c(CNCCc2ccccc2F)c1OC. The van der Waals surface area contributed by atoms with E-state index in [1.54, 1.807) is 26.4 Å². The fourth-order valence-electron chi connectivity index (χ4n) is 2.27. The molecule has 3 nitrogen and oxygen atoms in total. The van der Waals surface area contributed by atoms with E-state index in [0.717, 1.165) is 10.0 Å². The summed E-state index contributed by atoms with van der Waals surface area (Å²) in [5, 5.41) is 3.31. The molecule has 0 aromatic heterocycles. The average molecular weight is 368 g/mol. The van der Waals surface area contributed by atoms with Crippen molar-refractivity contribution in [3.8, 4) is 11.5 Å². The van der Waals surface area contributed by atoms with Crippen molar-refractivity contribution in [1.82, 2.24) is 5.32 Å². The van der Waals surface area contributed by atoms with Crippen molar-refractivity contribution in [3.05, 3.63) is 57.8 Å². The number of rotatable bonds is 7. The highest BCUT2D eigenvalue weighted by Crippen LogP contribution is 2.35. The van der Waals surface area contributed by atoms with Crippen LogP contribution in [0.4, 0.5) is 4.39 Å². The molecule has 0 saturated carbocycles. The Morgan fingerprint density at radius 3 is 2.55 bits per heavy atom. The molecule has 0 aliphatic heterocycles. The highest BCUT2D eigenvalue weighted by Gasteiger charge is 2.13. The summed E-state index contributed by atoms with van der Waals surface area (Å²) in [5.74, 6) is 1.23. The zero-order valence-electron chi connectivity index (χ0n) is 12.7. The summed E-state index contributed by atoms with van der Waals surface area (Å²) in [6.07, 6.45) is 0.635. The first-order valence-corrected chi connectivity index (χ1v) is 7.80. The van der Waals surface area contributed by atoms with Crippen LogP contribution in [-0.2, 0) is 13.0 Å². The smallest absolute Gasteiger partial charge is 0.166 e. The summed E-state index contributed by atoms with van der Waals surface area (Å²) in [7, 11) is 3.23. The number of methoxy groups -OCH3 is 2. The largest absolute Gasteiger partial charge is 0.493 e. The first kappa shape index (κ1) is 16.8. The van der Waals surface area contributed by atoms with Gasteiger partial charge in [-0.3, -0.25) is 0 Å². The number of hydrogen-bond donors (Lipinski definition) is 1. The van der Waals surface area contributed by atoms with Gasteiger partial charge in [0.2, 0.25) is 0 Å². The fraction of sp³-hybridized carbons (Fsp3) is 0.294. The monoisotopic (exact) mass is 367 g/mol. The number of hydrogen-bond acceptors (Lipinski definition) is 3. The maximum atomic E-state index is 13.5. The summed E-state index contributed by atoms with van der Waals surface area (Å²) in [6.45, 7) is 1.28. The van der Waals surface area contributed by atoms with Gasteiger partial charge in [0.05, 0.1) is 14.2 Å². The summed E-state index contributed by atoms with van der Waals surface area (Å²) < 4.78 is 25.2. The van der Waals surface area contributed by atoms with Gasteiger partial charge in [0, 0.05) is 16.6 Å². The van der Waals surface area contributed by atoms with E-state index in [0.29, 0.717) is 36.6 Å². The third kappa shape index (κ3) is 3.99. The normalized spacial score (nSPS) is 10.5. The molecule has 0 amide bonds. The molecule has 0 saturated heterocycles. The van der Waals surface area contributed by atoms with E-state index in [-0.39, 0.29) is 5.82 Å². The van der Waals surface area contributed by atoms with E-state index in [2.05, 4.69) is 21.2 Å². The second-order valence-corrected chi connectivity index (χ2v) is 5.63. The molecule has 0 aliphatic carbocycles. The van der Waals surface area contributed by atoms with E-state index >= 15 is 0 Å². The van der Waals surface area contributed by atoms with Gasteiger partial charge in [-0.15, -0.1) is 0 Å². The highest BCUT2D eigenvalue weighted by molar-refractivity contribution is 9.10. The summed E-state index contributed by atoms with van der Waals surface area (Å²) >= 11 is 3.52. The van der Waals surface area contributed by atoms with Gasteiger partial charge in [0.25, 0.3) is 0 Å². The minimum absolute atomic E-state index is 0.163. The van der Waals surface area contributed by atoms with Gasteiger partial charge in [-0.2, -0.15) is 0 Å². The molecule has 0 unspecified atom stereocenters. The number of halogens is 2. The van der Waals surface area contributed by atoms with Crippen molar-refractivity contribution in [2.45, 2.75) is 13.0 Å². The van der Waals surface area contributed by atoms with E-state index < -0.39 is 0 Å². The molecule has 0 radical (unpaired) electrons. The molecule has 0 bridgehead atoms. The third-order valence-corrected chi connectivity index (χ3v) is 4.16. The molecular weight excluding hydrogens is 349 g/mol. The molecule has 22 heavy (non-hydrogen) atoms. The Bertz CT molecular complexity index is 634. The van der Waals surface area contributed by atoms with Gasteiger partial charge in [0.15, 0.2) is 11.5 Å². The van der Waals surface area contributed by atoms with Crippen molar-refractivity contribution in [3.63, 3.8) is 0 Å². The van der Waals surface area contributed by atoms with Crippen LogP contribution >= 0.6 is 15.9 Å². The summed E-state index contributed by atoms with van der Waals surface area (Å²) in [5.41, 5.74) is 1.70. The zero-order chi connectivity index (χ0) is 15.9. The van der Waals surface area contributed by atoms with Gasteiger partial charge in [-0.1, -0.05) is 34.1 Å². The van der Waals surface area contributed by atoms with Crippen molar-refractivity contribution in [2.24, 2.45) is 0 Å².